The molecule has 5 heteroatoms. The Balaban J connectivity index is 3.84. The van der Waals surface area contributed by atoms with Crippen molar-refractivity contribution in [2.24, 2.45) is 11.7 Å². The minimum Gasteiger partial charge on any atom is -0.350 e. The first-order valence-corrected chi connectivity index (χ1v) is 7.06. The van der Waals surface area contributed by atoms with Crippen molar-refractivity contribution >= 4 is 11.8 Å². The van der Waals surface area contributed by atoms with E-state index in [9.17, 15) is 9.59 Å². The molecule has 0 rings (SSSR count). The van der Waals surface area contributed by atoms with Gasteiger partial charge in [0, 0.05) is 12.0 Å². The Bertz CT molecular complexity index is 285. The maximum absolute atomic E-state index is 11.6. The van der Waals surface area contributed by atoms with E-state index in [1.165, 1.54) is 0 Å². The van der Waals surface area contributed by atoms with Gasteiger partial charge >= 0.3 is 0 Å². The van der Waals surface area contributed by atoms with Crippen LogP contribution >= 0.6 is 0 Å². The van der Waals surface area contributed by atoms with E-state index in [1.807, 2.05) is 20.8 Å². The fourth-order valence-corrected chi connectivity index (χ4v) is 1.85. The Morgan fingerprint density at radius 2 is 1.79 bits per heavy atom. The molecule has 2 amide bonds. The average molecular weight is 271 g/mol. The van der Waals surface area contributed by atoms with Crippen LogP contribution < -0.4 is 16.4 Å². The third kappa shape index (κ3) is 10.5. The quantitative estimate of drug-likeness (QED) is 0.619. The molecule has 1 unspecified atom stereocenters. The van der Waals surface area contributed by atoms with Crippen LogP contribution in [0.15, 0.2) is 0 Å². The van der Waals surface area contributed by atoms with E-state index in [0.29, 0.717) is 18.9 Å². The number of carbonyl (C=O) groups excluding carboxylic acids is 2. The summed E-state index contributed by atoms with van der Waals surface area (Å²) in [6.07, 6.45) is 3.28. The zero-order valence-electron chi connectivity index (χ0n) is 12.7. The van der Waals surface area contributed by atoms with Gasteiger partial charge in [0.1, 0.15) is 0 Å². The van der Waals surface area contributed by atoms with Crippen molar-refractivity contribution in [3.05, 3.63) is 0 Å². The molecule has 0 aromatic carbocycles. The predicted octanol–water partition coefficient (Wildman–Crippen LogP) is 1.17. The van der Waals surface area contributed by atoms with Crippen LogP contribution in [-0.2, 0) is 9.59 Å². The molecule has 19 heavy (non-hydrogen) atoms. The first-order valence-electron chi connectivity index (χ1n) is 7.06. The number of hydrogen-bond acceptors (Lipinski definition) is 3. The standard InChI is InChI=1S/C14H29N3O2/c1-5-11(8-9-15)6-7-12(18)16-10-13(19)17-14(2,3)4/h11H,5-10,15H2,1-4H3,(H,16,18)(H,17,19). The molecule has 0 saturated carbocycles. The molecule has 0 radical (unpaired) electrons. The first kappa shape index (κ1) is 17.9. The van der Waals surface area contributed by atoms with Crippen molar-refractivity contribution in [2.45, 2.75) is 58.9 Å². The lowest BCUT2D eigenvalue weighted by Gasteiger charge is -2.20. The van der Waals surface area contributed by atoms with Gasteiger partial charge in [-0.3, -0.25) is 9.59 Å². The van der Waals surface area contributed by atoms with Gasteiger partial charge in [0.15, 0.2) is 0 Å². The van der Waals surface area contributed by atoms with Gasteiger partial charge in [0.2, 0.25) is 11.8 Å². The minimum atomic E-state index is -0.268. The van der Waals surface area contributed by atoms with E-state index in [0.717, 1.165) is 19.3 Å². The van der Waals surface area contributed by atoms with E-state index in [1.54, 1.807) is 0 Å². The summed E-state index contributed by atoms with van der Waals surface area (Å²) < 4.78 is 0. The van der Waals surface area contributed by atoms with Crippen molar-refractivity contribution in [3.63, 3.8) is 0 Å². The molecule has 1 atom stereocenters. The molecule has 4 N–H and O–H groups in total. The zero-order chi connectivity index (χ0) is 14.9. The molecule has 0 saturated heterocycles. The van der Waals surface area contributed by atoms with Crippen LogP contribution in [0.3, 0.4) is 0 Å². The van der Waals surface area contributed by atoms with Gasteiger partial charge in [0.25, 0.3) is 0 Å². The Kier molecular flexibility index (Phi) is 8.39. The topological polar surface area (TPSA) is 84.2 Å². The third-order valence-electron chi connectivity index (χ3n) is 2.89. The zero-order valence-corrected chi connectivity index (χ0v) is 12.7. The van der Waals surface area contributed by atoms with Gasteiger partial charge in [-0.2, -0.15) is 0 Å². The maximum Gasteiger partial charge on any atom is 0.239 e. The Hall–Kier alpha value is -1.10. The first-order chi connectivity index (χ1) is 8.78. The lowest BCUT2D eigenvalue weighted by molar-refractivity contribution is -0.127. The number of hydrogen-bond donors (Lipinski definition) is 3. The average Bonchev–Trinajstić information content (AvgIpc) is 2.29. The highest BCUT2D eigenvalue weighted by atomic mass is 16.2. The van der Waals surface area contributed by atoms with Crippen LogP contribution in [0.1, 0.15) is 53.4 Å². The Morgan fingerprint density at radius 3 is 2.26 bits per heavy atom. The summed E-state index contributed by atoms with van der Waals surface area (Å²) in [5.74, 6) is 0.272. The molecule has 0 spiro atoms. The summed E-state index contributed by atoms with van der Waals surface area (Å²) in [4.78, 5) is 23.1. The number of nitrogens with two attached hydrogens (primary N) is 1. The van der Waals surface area contributed by atoms with Crippen LogP contribution in [0.5, 0.6) is 0 Å². The summed E-state index contributed by atoms with van der Waals surface area (Å²) in [5, 5.41) is 5.45. The van der Waals surface area contributed by atoms with Gasteiger partial charge in [-0.25, -0.2) is 0 Å². The van der Waals surface area contributed by atoms with Crippen LogP contribution in [0.2, 0.25) is 0 Å². The smallest absolute Gasteiger partial charge is 0.239 e. The van der Waals surface area contributed by atoms with E-state index < -0.39 is 0 Å². The number of rotatable bonds is 8. The van der Waals surface area contributed by atoms with Crippen LogP contribution in [0, 0.1) is 5.92 Å². The predicted molar refractivity (Wildman–Crippen MR) is 77.6 cm³/mol. The molecule has 0 fully saturated rings. The van der Waals surface area contributed by atoms with Gasteiger partial charge in [0.05, 0.1) is 6.54 Å². The molecule has 5 nitrogen and oxygen atoms in total. The largest absolute Gasteiger partial charge is 0.350 e. The lowest BCUT2D eigenvalue weighted by Crippen LogP contribution is -2.45. The van der Waals surface area contributed by atoms with Crippen LogP contribution in [0.4, 0.5) is 0 Å². The minimum absolute atomic E-state index is 0.0454. The van der Waals surface area contributed by atoms with E-state index in [4.69, 9.17) is 5.73 Å². The summed E-state index contributed by atoms with van der Waals surface area (Å²) in [6, 6.07) is 0. The van der Waals surface area contributed by atoms with Gasteiger partial charge in [-0.15, -0.1) is 0 Å². The fourth-order valence-electron chi connectivity index (χ4n) is 1.85. The second-order valence-corrected chi connectivity index (χ2v) is 5.97. The molecule has 0 aliphatic heterocycles. The molecule has 0 bridgehead atoms. The number of nitrogens with one attached hydrogen (secondary N) is 2. The van der Waals surface area contributed by atoms with Crippen molar-refractivity contribution in [3.8, 4) is 0 Å². The highest BCUT2D eigenvalue weighted by Gasteiger charge is 2.14. The summed E-state index contributed by atoms with van der Waals surface area (Å²) >= 11 is 0. The molecule has 0 aliphatic carbocycles. The maximum atomic E-state index is 11.6. The Morgan fingerprint density at radius 1 is 1.16 bits per heavy atom. The second-order valence-electron chi connectivity index (χ2n) is 5.97. The second kappa shape index (κ2) is 8.91. The van der Waals surface area contributed by atoms with Gasteiger partial charge in [-0.1, -0.05) is 13.3 Å². The highest BCUT2D eigenvalue weighted by molar-refractivity contribution is 5.84. The monoisotopic (exact) mass is 271 g/mol. The van der Waals surface area contributed by atoms with Crippen molar-refractivity contribution < 1.29 is 9.59 Å². The van der Waals surface area contributed by atoms with Crippen LogP contribution in [-0.4, -0.2) is 30.4 Å². The third-order valence-corrected chi connectivity index (χ3v) is 2.89. The number of carbonyl (C=O) groups is 2. The molecule has 0 heterocycles. The normalized spacial score (nSPS) is 12.9. The van der Waals surface area contributed by atoms with E-state index >= 15 is 0 Å². The van der Waals surface area contributed by atoms with Crippen molar-refractivity contribution in [1.82, 2.24) is 10.6 Å². The highest BCUT2D eigenvalue weighted by Crippen LogP contribution is 2.14. The summed E-state index contributed by atoms with van der Waals surface area (Å²) in [6.45, 7) is 8.54. The lowest BCUT2D eigenvalue weighted by atomic mass is 9.96. The fraction of sp³-hybridized carbons (Fsp3) is 0.857. The Labute approximate surface area is 116 Å². The summed E-state index contributed by atoms with van der Waals surface area (Å²) in [5.41, 5.74) is 5.25. The molecular weight excluding hydrogens is 242 g/mol. The molecule has 0 aromatic rings. The molecule has 0 aromatic heterocycles. The van der Waals surface area contributed by atoms with Gasteiger partial charge in [-0.05, 0) is 46.1 Å². The van der Waals surface area contributed by atoms with Crippen molar-refractivity contribution in [2.75, 3.05) is 13.1 Å². The van der Waals surface area contributed by atoms with Crippen LogP contribution in [0.25, 0.3) is 0 Å². The van der Waals surface area contributed by atoms with E-state index in [-0.39, 0.29) is 23.9 Å². The van der Waals surface area contributed by atoms with Gasteiger partial charge < -0.3 is 16.4 Å². The molecule has 112 valence electrons. The molecular formula is C14H29N3O2. The SMILES string of the molecule is CCC(CCN)CCC(=O)NCC(=O)NC(C)(C)C. The van der Waals surface area contributed by atoms with Crippen molar-refractivity contribution in [1.29, 1.82) is 0 Å². The summed E-state index contributed by atoms with van der Waals surface area (Å²) in [7, 11) is 0. The van der Waals surface area contributed by atoms with E-state index in [2.05, 4.69) is 17.6 Å². The number of amides is 2. The molecule has 0 aliphatic rings.